The van der Waals surface area contributed by atoms with E-state index in [-0.39, 0.29) is 5.54 Å². The van der Waals surface area contributed by atoms with Gasteiger partial charge < -0.3 is 5.32 Å². The molecular formula is C16H31N5. The third-order valence-corrected chi connectivity index (χ3v) is 4.19. The van der Waals surface area contributed by atoms with Crippen molar-refractivity contribution in [3.63, 3.8) is 0 Å². The van der Waals surface area contributed by atoms with Crippen molar-refractivity contribution in [2.75, 3.05) is 13.1 Å². The van der Waals surface area contributed by atoms with E-state index in [0.717, 1.165) is 25.3 Å². The van der Waals surface area contributed by atoms with Crippen molar-refractivity contribution in [2.24, 2.45) is 0 Å². The Labute approximate surface area is 129 Å². The molecule has 2 rings (SSSR count). The second-order valence-corrected chi connectivity index (χ2v) is 7.31. The van der Waals surface area contributed by atoms with Crippen LogP contribution in [0.15, 0.2) is 6.20 Å². The van der Waals surface area contributed by atoms with E-state index in [1.165, 1.54) is 32.2 Å². The maximum Gasteiger partial charge on any atom is 0.0965 e. The normalized spacial score (nSPS) is 21.4. The third kappa shape index (κ3) is 5.75. The number of hydrogen-bond acceptors (Lipinski definition) is 4. The van der Waals surface area contributed by atoms with E-state index < -0.39 is 0 Å². The molecule has 0 aromatic carbocycles. The summed E-state index contributed by atoms with van der Waals surface area (Å²) in [6.45, 7) is 12.9. The summed E-state index contributed by atoms with van der Waals surface area (Å²) in [5.74, 6) is 0. The molecule has 1 unspecified atom stereocenters. The molecule has 1 aromatic rings. The SMILES string of the molecule is CC1CCCCCN1CCn1cc(CNC(C)(C)C)nn1. The van der Waals surface area contributed by atoms with E-state index in [4.69, 9.17) is 0 Å². The molecule has 0 amide bonds. The Bertz CT molecular complexity index is 421. The highest BCUT2D eigenvalue weighted by Crippen LogP contribution is 2.16. The number of rotatable bonds is 5. The number of likely N-dealkylation sites (tertiary alicyclic amines) is 1. The molecule has 0 radical (unpaired) electrons. The second-order valence-electron chi connectivity index (χ2n) is 7.31. The van der Waals surface area contributed by atoms with Gasteiger partial charge >= 0.3 is 0 Å². The van der Waals surface area contributed by atoms with Gasteiger partial charge in [0.05, 0.1) is 12.2 Å². The van der Waals surface area contributed by atoms with Gasteiger partial charge in [0.15, 0.2) is 0 Å². The molecule has 21 heavy (non-hydrogen) atoms. The van der Waals surface area contributed by atoms with E-state index in [1.54, 1.807) is 0 Å². The van der Waals surface area contributed by atoms with Gasteiger partial charge in [-0.25, -0.2) is 0 Å². The first kappa shape index (κ1) is 16.4. The summed E-state index contributed by atoms with van der Waals surface area (Å²) in [4.78, 5) is 2.60. The van der Waals surface area contributed by atoms with Crippen LogP contribution in [-0.2, 0) is 13.1 Å². The molecule has 0 saturated carbocycles. The minimum absolute atomic E-state index is 0.116. The quantitative estimate of drug-likeness (QED) is 0.905. The molecule has 5 nitrogen and oxygen atoms in total. The van der Waals surface area contributed by atoms with Crippen LogP contribution in [0, 0.1) is 0 Å². The number of aromatic nitrogens is 3. The highest BCUT2D eigenvalue weighted by Gasteiger charge is 2.16. The van der Waals surface area contributed by atoms with Gasteiger partial charge in [-0.2, -0.15) is 0 Å². The molecule has 1 aromatic heterocycles. The molecule has 0 bridgehead atoms. The zero-order valence-corrected chi connectivity index (χ0v) is 14.1. The van der Waals surface area contributed by atoms with Gasteiger partial charge in [0.1, 0.15) is 0 Å². The average molecular weight is 293 g/mol. The molecule has 2 heterocycles. The Kier molecular flexibility index (Phi) is 5.76. The summed E-state index contributed by atoms with van der Waals surface area (Å²) in [5, 5.41) is 11.9. The fourth-order valence-electron chi connectivity index (χ4n) is 2.78. The van der Waals surface area contributed by atoms with Crippen LogP contribution in [-0.4, -0.2) is 44.6 Å². The molecule has 1 N–H and O–H groups in total. The maximum absolute atomic E-state index is 4.25. The predicted molar refractivity (Wildman–Crippen MR) is 86.1 cm³/mol. The third-order valence-electron chi connectivity index (χ3n) is 4.19. The number of nitrogens with one attached hydrogen (secondary N) is 1. The summed E-state index contributed by atoms with van der Waals surface area (Å²) in [6, 6.07) is 0.707. The van der Waals surface area contributed by atoms with Crippen molar-refractivity contribution in [3.05, 3.63) is 11.9 Å². The lowest BCUT2D eigenvalue weighted by Gasteiger charge is -2.26. The Balaban J connectivity index is 1.79. The number of nitrogens with zero attached hydrogens (tertiary/aromatic N) is 4. The minimum atomic E-state index is 0.116. The molecule has 1 saturated heterocycles. The summed E-state index contributed by atoms with van der Waals surface area (Å²) in [5.41, 5.74) is 1.14. The first-order valence-corrected chi connectivity index (χ1v) is 8.32. The van der Waals surface area contributed by atoms with Gasteiger partial charge in [-0.15, -0.1) is 5.10 Å². The van der Waals surface area contributed by atoms with E-state index in [2.05, 4.69) is 54.4 Å². The zero-order valence-electron chi connectivity index (χ0n) is 14.1. The summed E-state index contributed by atoms with van der Waals surface area (Å²) < 4.78 is 1.98. The van der Waals surface area contributed by atoms with E-state index >= 15 is 0 Å². The number of hydrogen-bond donors (Lipinski definition) is 1. The summed E-state index contributed by atoms with van der Waals surface area (Å²) >= 11 is 0. The van der Waals surface area contributed by atoms with Crippen LogP contribution in [0.2, 0.25) is 0 Å². The fraction of sp³-hybridized carbons (Fsp3) is 0.875. The van der Waals surface area contributed by atoms with Gasteiger partial charge in [-0.3, -0.25) is 9.58 Å². The van der Waals surface area contributed by atoms with Crippen molar-refractivity contribution >= 4 is 0 Å². The molecule has 1 fully saturated rings. The van der Waals surface area contributed by atoms with Gasteiger partial charge in [0, 0.05) is 30.9 Å². The Morgan fingerprint density at radius 3 is 2.81 bits per heavy atom. The molecule has 0 aliphatic carbocycles. The van der Waals surface area contributed by atoms with Gasteiger partial charge in [0.25, 0.3) is 0 Å². The first-order chi connectivity index (χ1) is 9.94. The molecule has 1 atom stereocenters. The zero-order chi connectivity index (χ0) is 15.3. The molecular weight excluding hydrogens is 262 g/mol. The lowest BCUT2D eigenvalue weighted by molar-refractivity contribution is 0.202. The average Bonchev–Trinajstić information content (AvgIpc) is 2.77. The van der Waals surface area contributed by atoms with Crippen molar-refractivity contribution in [1.82, 2.24) is 25.2 Å². The lowest BCUT2D eigenvalue weighted by Crippen LogP contribution is -2.35. The van der Waals surface area contributed by atoms with E-state index in [9.17, 15) is 0 Å². The van der Waals surface area contributed by atoms with E-state index in [0.29, 0.717) is 6.04 Å². The van der Waals surface area contributed by atoms with Crippen molar-refractivity contribution < 1.29 is 0 Å². The Hall–Kier alpha value is -0.940. The highest BCUT2D eigenvalue weighted by atomic mass is 15.4. The molecule has 5 heteroatoms. The summed E-state index contributed by atoms with van der Waals surface area (Å²) in [7, 11) is 0. The topological polar surface area (TPSA) is 46.0 Å². The van der Waals surface area contributed by atoms with E-state index in [1.807, 2.05) is 4.68 Å². The first-order valence-electron chi connectivity index (χ1n) is 8.32. The van der Waals surface area contributed by atoms with Crippen LogP contribution >= 0.6 is 0 Å². The van der Waals surface area contributed by atoms with Crippen molar-refractivity contribution in [3.8, 4) is 0 Å². The molecule has 0 spiro atoms. The smallest absolute Gasteiger partial charge is 0.0965 e. The monoisotopic (exact) mass is 293 g/mol. The predicted octanol–water partition coefficient (Wildman–Crippen LogP) is 2.43. The van der Waals surface area contributed by atoms with Crippen molar-refractivity contribution in [1.29, 1.82) is 0 Å². The van der Waals surface area contributed by atoms with Gasteiger partial charge in [-0.1, -0.05) is 18.1 Å². The Morgan fingerprint density at radius 1 is 1.24 bits per heavy atom. The largest absolute Gasteiger partial charge is 0.306 e. The molecule has 1 aliphatic rings. The standard InChI is InChI=1S/C16H31N5/c1-14-8-6-5-7-9-20(14)10-11-21-13-15(18-19-21)12-17-16(2,3)4/h13-14,17H,5-12H2,1-4H3. The van der Waals surface area contributed by atoms with Crippen LogP contribution in [0.4, 0.5) is 0 Å². The van der Waals surface area contributed by atoms with Gasteiger partial charge in [0.2, 0.25) is 0 Å². The minimum Gasteiger partial charge on any atom is -0.306 e. The molecule has 1 aliphatic heterocycles. The van der Waals surface area contributed by atoms with Crippen LogP contribution in [0.1, 0.15) is 59.1 Å². The van der Waals surface area contributed by atoms with Crippen LogP contribution < -0.4 is 5.32 Å². The maximum atomic E-state index is 4.25. The van der Waals surface area contributed by atoms with Crippen LogP contribution in [0.25, 0.3) is 0 Å². The van der Waals surface area contributed by atoms with Crippen molar-refractivity contribution in [2.45, 2.75) is 78.0 Å². The van der Waals surface area contributed by atoms with Crippen LogP contribution in [0.3, 0.4) is 0 Å². The second kappa shape index (κ2) is 7.36. The summed E-state index contributed by atoms with van der Waals surface area (Å²) in [6.07, 6.45) is 7.50. The fourth-order valence-corrected chi connectivity index (χ4v) is 2.78. The lowest BCUT2D eigenvalue weighted by atomic mass is 10.1. The van der Waals surface area contributed by atoms with Gasteiger partial charge in [-0.05, 0) is 47.1 Å². The highest BCUT2D eigenvalue weighted by molar-refractivity contribution is 4.93. The van der Waals surface area contributed by atoms with Crippen LogP contribution in [0.5, 0.6) is 0 Å². The Morgan fingerprint density at radius 2 is 2.05 bits per heavy atom. The molecule has 120 valence electrons.